The number of fused-ring (bicyclic) bond motifs is 1. The molecule has 1 aliphatic rings. The lowest BCUT2D eigenvalue weighted by Crippen LogP contribution is -2.33. The molecule has 7 nitrogen and oxygen atoms in total. The van der Waals surface area contributed by atoms with E-state index in [1.807, 2.05) is 25.1 Å². The predicted molar refractivity (Wildman–Crippen MR) is 138 cm³/mol. The number of nitrogens with zero attached hydrogens (tertiary/aromatic N) is 5. The second-order valence-corrected chi connectivity index (χ2v) is 9.80. The smallest absolute Gasteiger partial charge is 0.252 e. The van der Waals surface area contributed by atoms with E-state index in [-0.39, 0.29) is 11.6 Å². The summed E-state index contributed by atoms with van der Waals surface area (Å²) in [5.74, 6) is 0.906. The molecular formula is C28H34N6O. The van der Waals surface area contributed by atoms with Gasteiger partial charge in [0.1, 0.15) is 0 Å². The van der Waals surface area contributed by atoms with E-state index in [2.05, 4.69) is 73.4 Å². The molecule has 1 N–H and O–H groups in total. The van der Waals surface area contributed by atoms with Gasteiger partial charge in [0.25, 0.3) is 5.56 Å². The Kier molecular flexibility index (Phi) is 7.04. The van der Waals surface area contributed by atoms with Gasteiger partial charge in [0.05, 0.1) is 12.1 Å². The summed E-state index contributed by atoms with van der Waals surface area (Å²) in [7, 11) is 0. The van der Waals surface area contributed by atoms with Crippen molar-refractivity contribution in [2.75, 3.05) is 0 Å². The zero-order valence-corrected chi connectivity index (χ0v) is 20.7. The van der Waals surface area contributed by atoms with Crippen LogP contribution in [0.25, 0.3) is 10.9 Å². The number of pyridine rings is 1. The van der Waals surface area contributed by atoms with Crippen molar-refractivity contribution in [3.8, 4) is 0 Å². The fraction of sp³-hybridized carbons (Fsp3) is 0.429. The molecule has 1 saturated carbocycles. The molecule has 0 aliphatic heterocycles. The average Bonchev–Trinajstić information content (AvgIpc) is 3.36. The molecular weight excluding hydrogens is 436 g/mol. The van der Waals surface area contributed by atoms with Crippen LogP contribution in [0.5, 0.6) is 0 Å². The van der Waals surface area contributed by atoms with Crippen molar-refractivity contribution in [3.63, 3.8) is 0 Å². The third-order valence-electron chi connectivity index (χ3n) is 7.24. The zero-order valence-electron chi connectivity index (χ0n) is 20.7. The summed E-state index contributed by atoms with van der Waals surface area (Å²) in [6.45, 7) is 5.44. The van der Waals surface area contributed by atoms with Crippen LogP contribution < -0.4 is 5.56 Å². The van der Waals surface area contributed by atoms with E-state index in [9.17, 15) is 4.79 Å². The quantitative estimate of drug-likeness (QED) is 0.369. The minimum Gasteiger partial charge on any atom is -0.322 e. The van der Waals surface area contributed by atoms with Gasteiger partial charge in [0.15, 0.2) is 5.82 Å². The Morgan fingerprint density at radius 3 is 2.63 bits per heavy atom. The Morgan fingerprint density at radius 2 is 1.86 bits per heavy atom. The Hall–Kier alpha value is -3.32. The maximum atomic E-state index is 13.1. The number of hydrogen-bond donors (Lipinski definition) is 1. The summed E-state index contributed by atoms with van der Waals surface area (Å²) >= 11 is 0. The summed E-state index contributed by atoms with van der Waals surface area (Å²) in [6.07, 6.45) is 6.83. The highest BCUT2D eigenvalue weighted by Crippen LogP contribution is 2.32. The van der Waals surface area contributed by atoms with Crippen molar-refractivity contribution in [2.24, 2.45) is 0 Å². The number of benzene rings is 2. The number of H-pyrrole nitrogens is 1. The molecule has 0 bridgehead atoms. The lowest BCUT2D eigenvalue weighted by Gasteiger charge is -2.32. The van der Waals surface area contributed by atoms with E-state index >= 15 is 0 Å². The molecule has 0 spiro atoms. The van der Waals surface area contributed by atoms with Crippen molar-refractivity contribution < 1.29 is 0 Å². The molecule has 0 amide bonds. The number of aromatic nitrogens is 5. The Morgan fingerprint density at radius 1 is 1.06 bits per heavy atom. The van der Waals surface area contributed by atoms with Gasteiger partial charge in [0, 0.05) is 24.2 Å². The molecule has 1 atom stereocenters. The summed E-state index contributed by atoms with van der Waals surface area (Å²) in [4.78, 5) is 18.6. The number of rotatable bonds is 8. The Balaban J connectivity index is 1.52. The minimum atomic E-state index is -0.0390. The van der Waals surface area contributed by atoms with Gasteiger partial charge >= 0.3 is 0 Å². The summed E-state index contributed by atoms with van der Waals surface area (Å²) in [5, 5.41) is 14.1. The molecule has 1 aliphatic carbocycles. The van der Waals surface area contributed by atoms with E-state index in [0.717, 1.165) is 47.1 Å². The standard InChI is InChI=1S/C28H34N6O/c1-3-26(27-30-31-32-34(27)24-12-8-5-9-13-24)33(18-21-10-6-4-7-11-21)19-23-17-22-15-14-20(2)16-25(22)29-28(23)35/h4,6-7,10-11,14-17,24,26H,3,5,8-9,12-13,18-19H2,1-2H3,(H,29,35). The van der Waals surface area contributed by atoms with Crippen LogP contribution in [0.15, 0.2) is 59.4 Å². The lowest BCUT2D eigenvalue weighted by molar-refractivity contribution is 0.155. The van der Waals surface area contributed by atoms with Crippen LogP contribution in [0.1, 0.15) is 80.0 Å². The van der Waals surface area contributed by atoms with Gasteiger partial charge in [0.2, 0.25) is 0 Å². The van der Waals surface area contributed by atoms with Crippen molar-refractivity contribution >= 4 is 10.9 Å². The molecule has 0 saturated heterocycles. The summed E-state index contributed by atoms with van der Waals surface area (Å²) < 4.78 is 2.07. The highest BCUT2D eigenvalue weighted by Gasteiger charge is 2.29. The van der Waals surface area contributed by atoms with Gasteiger partial charge in [-0.25, -0.2) is 4.68 Å². The first-order chi connectivity index (χ1) is 17.1. The van der Waals surface area contributed by atoms with Gasteiger partial charge in [-0.15, -0.1) is 5.10 Å². The van der Waals surface area contributed by atoms with Crippen LogP contribution in [0.2, 0.25) is 0 Å². The van der Waals surface area contributed by atoms with Crippen LogP contribution in [0, 0.1) is 6.92 Å². The first kappa shape index (κ1) is 23.4. The SMILES string of the molecule is CCC(c1nnnn1C1CCCCC1)N(Cc1ccccc1)Cc1cc2ccc(C)cc2[nH]c1=O. The molecule has 1 unspecified atom stereocenters. The largest absolute Gasteiger partial charge is 0.322 e. The van der Waals surface area contributed by atoms with Crippen LogP contribution in [-0.4, -0.2) is 30.1 Å². The molecule has 182 valence electrons. The molecule has 5 rings (SSSR count). The van der Waals surface area contributed by atoms with Crippen molar-refractivity contribution in [2.45, 2.75) is 77.5 Å². The zero-order chi connectivity index (χ0) is 24.2. The van der Waals surface area contributed by atoms with Crippen LogP contribution in [-0.2, 0) is 13.1 Å². The monoisotopic (exact) mass is 470 g/mol. The molecule has 4 aromatic rings. The molecule has 0 radical (unpaired) electrons. The Labute approximate surface area is 206 Å². The average molecular weight is 471 g/mol. The van der Waals surface area contributed by atoms with Crippen LogP contribution >= 0.6 is 0 Å². The number of nitrogens with one attached hydrogen (secondary N) is 1. The first-order valence-electron chi connectivity index (χ1n) is 12.8. The highest BCUT2D eigenvalue weighted by molar-refractivity contribution is 5.79. The molecule has 2 aromatic carbocycles. The number of tetrazole rings is 1. The van der Waals surface area contributed by atoms with E-state index in [4.69, 9.17) is 0 Å². The fourth-order valence-electron chi connectivity index (χ4n) is 5.40. The third-order valence-corrected chi connectivity index (χ3v) is 7.24. The van der Waals surface area contributed by atoms with Crippen molar-refractivity contribution in [1.29, 1.82) is 0 Å². The molecule has 7 heteroatoms. The lowest BCUT2D eigenvalue weighted by atomic mass is 9.95. The maximum absolute atomic E-state index is 13.1. The number of aryl methyl sites for hydroxylation is 1. The van der Waals surface area contributed by atoms with Gasteiger partial charge in [-0.3, -0.25) is 9.69 Å². The van der Waals surface area contributed by atoms with Crippen LogP contribution in [0.3, 0.4) is 0 Å². The van der Waals surface area contributed by atoms with Gasteiger partial charge in [-0.2, -0.15) is 0 Å². The summed E-state index contributed by atoms with van der Waals surface area (Å²) in [5.41, 5.74) is 3.93. The Bertz CT molecular complexity index is 1320. The summed E-state index contributed by atoms with van der Waals surface area (Å²) in [6, 6.07) is 19.0. The van der Waals surface area contributed by atoms with Gasteiger partial charge in [-0.1, -0.05) is 68.7 Å². The van der Waals surface area contributed by atoms with E-state index < -0.39 is 0 Å². The van der Waals surface area contributed by atoms with Gasteiger partial charge in [-0.05, 0) is 65.3 Å². The molecule has 1 fully saturated rings. The predicted octanol–water partition coefficient (Wildman–Crippen LogP) is 5.48. The topological polar surface area (TPSA) is 79.7 Å². The third kappa shape index (κ3) is 5.20. The minimum absolute atomic E-state index is 0.000229. The van der Waals surface area contributed by atoms with E-state index in [1.54, 1.807) is 0 Å². The van der Waals surface area contributed by atoms with E-state index in [1.165, 1.54) is 24.8 Å². The second kappa shape index (κ2) is 10.5. The van der Waals surface area contributed by atoms with E-state index in [0.29, 0.717) is 19.1 Å². The maximum Gasteiger partial charge on any atom is 0.252 e. The molecule has 2 heterocycles. The molecule has 2 aromatic heterocycles. The van der Waals surface area contributed by atoms with Crippen molar-refractivity contribution in [3.05, 3.63) is 87.5 Å². The fourth-order valence-corrected chi connectivity index (χ4v) is 5.40. The molecule has 35 heavy (non-hydrogen) atoms. The highest BCUT2D eigenvalue weighted by atomic mass is 16.1. The first-order valence-corrected chi connectivity index (χ1v) is 12.8. The van der Waals surface area contributed by atoms with Crippen LogP contribution in [0.4, 0.5) is 0 Å². The van der Waals surface area contributed by atoms with Gasteiger partial charge < -0.3 is 4.98 Å². The number of hydrogen-bond acceptors (Lipinski definition) is 5. The second-order valence-electron chi connectivity index (χ2n) is 9.80. The number of aromatic amines is 1. The normalized spacial score (nSPS) is 15.6. The van der Waals surface area contributed by atoms with Crippen molar-refractivity contribution in [1.82, 2.24) is 30.1 Å².